The molecule has 0 unspecified atom stereocenters. The molecule has 2 aromatic rings. The minimum absolute atomic E-state index is 0.0214. The van der Waals surface area contributed by atoms with E-state index in [0.717, 1.165) is 50.6 Å². The molecule has 4 rings (SSSR count). The summed E-state index contributed by atoms with van der Waals surface area (Å²) < 4.78 is 29.1. The average molecular weight is 417 g/mol. The predicted molar refractivity (Wildman–Crippen MR) is 110 cm³/mol. The van der Waals surface area contributed by atoms with E-state index in [1.807, 2.05) is 19.0 Å². The zero-order chi connectivity index (χ0) is 20.6. The number of rotatable bonds is 7. The second-order valence-electron chi connectivity index (χ2n) is 8.29. The van der Waals surface area contributed by atoms with Crippen LogP contribution in [-0.2, 0) is 53.5 Å². The summed E-state index contributed by atoms with van der Waals surface area (Å²) in [5.41, 5.74) is 6.31. The molecule has 1 aromatic heterocycles. The van der Waals surface area contributed by atoms with E-state index < -0.39 is 15.9 Å². The number of aromatic nitrogens is 2. The standard InChI is InChI=1S/C21H28N4O3S/c1-24(2)9-10-25-14-17(13-22-25)29(27,28)23-21(26)12-20-18-7-3-5-15(18)11-16-6-4-8-19(16)20/h11,13-14H,3-10,12H2,1-2H3,(H,23,26). The fourth-order valence-corrected chi connectivity index (χ4v) is 5.40. The van der Waals surface area contributed by atoms with E-state index in [2.05, 4.69) is 15.9 Å². The largest absolute Gasteiger partial charge is 0.308 e. The molecule has 29 heavy (non-hydrogen) atoms. The minimum atomic E-state index is -3.92. The van der Waals surface area contributed by atoms with Crippen molar-refractivity contribution in [3.63, 3.8) is 0 Å². The average Bonchev–Trinajstić information content (AvgIpc) is 3.39. The van der Waals surface area contributed by atoms with Gasteiger partial charge in [-0.3, -0.25) is 9.48 Å². The molecule has 1 N–H and O–H groups in total. The van der Waals surface area contributed by atoms with Crippen molar-refractivity contribution < 1.29 is 13.2 Å². The molecule has 2 aliphatic rings. The van der Waals surface area contributed by atoms with Crippen LogP contribution in [0.3, 0.4) is 0 Å². The van der Waals surface area contributed by atoms with Gasteiger partial charge in [-0.2, -0.15) is 5.10 Å². The first-order valence-electron chi connectivity index (χ1n) is 10.2. The third kappa shape index (κ3) is 4.23. The highest BCUT2D eigenvalue weighted by atomic mass is 32.2. The number of sulfonamides is 1. The summed E-state index contributed by atoms with van der Waals surface area (Å²) in [6.45, 7) is 1.33. The first-order valence-corrected chi connectivity index (χ1v) is 11.7. The Labute approximate surface area is 172 Å². The third-order valence-electron chi connectivity index (χ3n) is 5.88. The van der Waals surface area contributed by atoms with Gasteiger partial charge in [0.05, 0.1) is 19.2 Å². The molecule has 0 saturated carbocycles. The highest BCUT2D eigenvalue weighted by molar-refractivity contribution is 7.90. The summed E-state index contributed by atoms with van der Waals surface area (Å²) in [6.07, 6.45) is 9.19. The normalized spacial score (nSPS) is 15.6. The van der Waals surface area contributed by atoms with Crippen LogP contribution in [0.1, 0.15) is 40.7 Å². The molecule has 0 saturated heterocycles. The molecule has 7 nitrogen and oxygen atoms in total. The lowest BCUT2D eigenvalue weighted by Gasteiger charge is -2.15. The number of amides is 1. The maximum atomic E-state index is 12.7. The second kappa shape index (κ2) is 7.91. The van der Waals surface area contributed by atoms with Gasteiger partial charge in [0.2, 0.25) is 5.91 Å². The molecule has 0 fully saturated rings. The van der Waals surface area contributed by atoms with Gasteiger partial charge in [0.1, 0.15) is 4.90 Å². The number of nitrogens with zero attached hydrogens (tertiary/aromatic N) is 3. The van der Waals surface area contributed by atoms with Gasteiger partial charge in [0, 0.05) is 12.7 Å². The summed E-state index contributed by atoms with van der Waals surface area (Å²) in [4.78, 5) is 14.7. The predicted octanol–water partition coefficient (Wildman–Crippen LogP) is 1.47. The van der Waals surface area contributed by atoms with Crippen LogP contribution in [0.4, 0.5) is 0 Å². The van der Waals surface area contributed by atoms with E-state index in [4.69, 9.17) is 0 Å². The fourth-order valence-electron chi connectivity index (χ4n) is 4.46. The summed E-state index contributed by atoms with van der Waals surface area (Å²) in [5, 5.41) is 4.10. The number of hydrogen-bond acceptors (Lipinski definition) is 5. The summed E-state index contributed by atoms with van der Waals surface area (Å²) in [6, 6.07) is 2.31. The third-order valence-corrected chi connectivity index (χ3v) is 7.21. The Morgan fingerprint density at radius 3 is 2.41 bits per heavy atom. The van der Waals surface area contributed by atoms with Crippen molar-refractivity contribution in [1.29, 1.82) is 0 Å². The van der Waals surface area contributed by atoms with E-state index in [9.17, 15) is 13.2 Å². The Kier molecular flexibility index (Phi) is 5.48. The second-order valence-corrected chi connectivity index (χ2v) is 9.97. The van der Waals surface area contributed by atoms with Crippen LogP contribution in [0.15, 0.2) is 23.4 Å². The maximum Gasteiger partial charge on any atom is 0.267 e. The smallest absolute Gasteiger partial charge is 0.267 e. The SMILES string of the molecule is CN(C)CCn1cc(S(=O)(=O)NC(=O)Cc2c3c(cc4c2CCC4)CCC3)cn1. The Morgan fingerprint density at radius 1 is 1.14 bits per heavy atom. The number of nitrogens with one attached hydrogen (secondary N) is 1. The fraction of sp³-hybridized carbons (Fsp3) is 0.524. The lowest BCUT2D eigenvalue weighted by molar-refractivity contribution is -0.118. The Hall–Kier alpha value is -2.19. The molecular weight excluding hydrogens is 388 g/mol. The molecule has 0 spiro atoms. The number of fused-ring (bicyclic) bond motifs is 2. The van der Waals surface area contributed by atoms with Crippen LogP contribution in [-0.4, -0.2) is 49.6 Å². The zero-order valence-electron chi connectivity index (χ0n) is 17.1. The quantitative estimate of drug-likeness (QED) is 0.739. The molecule has 1 aromatic carbocycles. The summed E-state index contributed by atoms with van der Waals surface area (Å²) >= 11 is 0. The van der Waals surface area contributed by atoms with Gasteiger partial charge in [0.15, 0.2) is 0 Å². The first kappa shape index (κ1) is 20.1. The molecule has 0 radical (unpaired) electrons. The zero-order valence-corrected chi connectivity index (χ0v) is 17.9. The molecule has 156 valence electrons. The molecule has 1 heterocycles. The van der Waals surface area contributed by atoms with Gasteiger partial charge in [-0.15, -0.1) is 0 Å². The lowest BCUT2D eigenvalue weighted by Crippen LogP contribution is -2.32. The van der Waals surface area contributed by atoms with E-state index in [1.165, 1.54) is 34.6 Å². The van der Waals surface area contributed by atoms with Crippen molar-refractivity contribution in [2.24, 2.45) is 0 Å². The molecule has 1 amide bonds. The molecule has 8 heteroatoms. The van der Waals surface area contributed by atoms with E-state index >= 15 is 0 Å². The number of likely N-dealkylation sites (N-methyl/N-ethyl adjacent to an activating group) is 1. The van der Waals surface area contributed by atoms with Crippen LogP contribution < -0.4 is 4.72 Å². The molecular formula is C21H28N4O3S. The van der Waals surface area contributed by atoms with Crippen molar-refractivity contribution in [1.82, 2.24) is 19.4 Å². The monoisotopic (exact) mass is 416 g/mol. The van der Waals surface area contributed by atoms with Gasteiger partial charge in [-0.05, 0) is 80.4 Å². The van der Waals surface area contributed by atoms with Crippen molar-refractivity contribution in [3.8, 4) is 0 Å². The molecule has 0 aliphatic heterocycles. The number of carbonyl (C=O) groups is 1. The topological polar surface area (TPSA) is 84.3 Å². The van der Waals surface area contributed by atoms with E-state index in [0.29, 0.717) is 6.54 Å². The van der Waals surface area contributed by atoms with Gasteiger partial charge in [0.25, 0.3) is 10.0 Å². The van der Waals surface area contributed by atoms with Crippen LogP contribution >= 0.6 is 0 Å². The summed E-state index contributed by atoms with van der Waals surface area (Å²) in [5.74, 6) is -0.472. The Morgan fingerprint density at radius 2 is 1.79 bits per heavy atom. The number of aryl methyl sites for hydroxylation is 2. The van der Waals surface area contributed by atoms with Crippen LogP contribution in [0.2, 0.25) is 0 Å². The molecule has 0 bridgehead atoms. The van der Waals surface area contributed by atoms with E-state index in [1.54, 1.807) is 4.68 Å². The minimum Gasteiger partial charge on any atom is -0.308 e. The van der Waals surface area contributed by atoms with Crippen molar-refractivity contribution in [3.05, 3.63) is 46.3 Å². The van der Waals surface area contributed by atoms with Gasteiger partial charge >= 0.3 is 0 Å². The summed E-state index contributed by atoms with van der Waals surface area (Å²) in [7, 11) is -0.0361. The van der Waals surface area contributed by atoms with Crippen LogP contribution in [0, 0.1) is 0 Å². The Bertz CT molecular complexity index is 1010. The van der Waals surface area contributed by atoms with Crippen LogP contribution in [0.25, 0.3) is 0 Å². The number of hydrogen-bond donors (Lipinski definition) is 1. The van der Waals surface area contributed by atoms with E-state index in [-0.39, 0.29) is 11.3 Å². The van der Waals surface area contributed by atoms with Gasteiger partial charge < -0.3 is 4.90 Å². The van der Waals surface area contributed by atoms with Crippen LogP contribution in [0.5, 0.6) is 0 Å². The number of benzene rings is 1. The highest BCUT2D eigenvalue weighted by Gasteiger charge is 2.27. The number of carbonyl (C=O) groups excluding carboxylic acids is 1. The van der Waals surface area contributed by atoms with Crippen molar-refractivity contribution in [2.45, 2.75) is 56.4 Å². The first-order chi connectivity index (χ1) is 13.8. The molecule has 0 atom stereocenters. The van der Waals surface area contributed by atoms with Gasteiger partial charge in [-0.25, -0.2) is 13.1 Å². The molecule has 2 aliphatic carbocycles. The van der Waals surface area contributed by atoms with Gasteiger partial charge in [-0.1, -0.05) is 6.07 Å². The van der Waals surface area contributed by atoms with Crippen molar-refractivity contribution >= 4 is 15.9 Å². The Balaban J connectivity index is 1.49. The highest BCUT2D eigenvalue weighted by Crippen LogP contribution is 2.35. The maximum absolute atomic E-state index is 12.7. The lowest BCUT2D eigenvalue weighted by atomic mass is 9.92. The van der Waals surface area contributed by atoms with Crippen molar-refractivity contribution in [2.75, 3.05) is 20.6 Å².